The number of anilines is 1. The molecule has 0 aliphatic rings. The fourth-order valence-corrected chi connectivity index (χ4v) is 2.21. The van der Waals surface area contributed by atoms with Gasteiger partial charge in [0, 0.05) is 0 Å². The Bertz CT molecular complexity index is 661. The molecule has 0 unspecified atom stereocenters. The van der Waals surface area contributed by atoms with E-state index in [0.29, 0.717) is 22.7 Å². The summed E-state index contributed by atoms with van der Waals surface area (Å²) in [5.74, 6) is 0.727. The number of benzene rings is 1. The van der Waals surface area contributed by atoms with Gasteiger partial charge >= 0.3 is 12.2 Å². The van der Waals surface area contributed by atoms with Crippen LogP contribution in [0.25, 0.3) is 0 Å². The quantitative estimate of drug-likeness (QED) is 0.787. The molecule has 0 radical (unpaired) electrons. The molecule has 0 aromatic heterocycles. The third kappa shape index (κ3) is 6.54. The lowest BCUT2D eigenvalue weighted by Crippen LogP contribution is -2.43. The van der Waals surface area contributed by atoms with Gasteiger partial charge in [-0.25, -0.2) is 14.5 Å². The highest BCUT2D eigenvalue weighted by atomic mass is 16.6. The third-order valence-corrected chi connectivity index (χ3v) is 3.22. The summed E-state index contributed by atoms with van der Waals surface area (Å²) in [4.78, 5) is 26.2. The molecule has 0 spiro atoms. The van der Waals surface area contributed by atoms with Crippen LogP contribution in [0.1, 0.15) is 47.1 Å². The molecule has 2 amide bonds. The van der Waals surface area contributed by atoms with Crippen molar-refractivity contribution >= 4 is 17.9 Å². The second-order valence-corrected chi connectivity index (χ2v) is 7.92. The van der Waals surface area contributed by atoms with Crippen LogP contribution in [0.4, 0.5) is 15.3 Å². The molecule has 2 N–H and O–H groups in total. The molecule has 8 heteroatoms. The zero-order valence-electron chi connectivity index (χ0n) is 17.3. The third-order valence-electron chi connectivity index (χ3n) is 3.22. The lowest BCUT2D eigenvalue weighted by atomic mass is 10.1. The highest BCUT2D eigenvalue weighted by Crippen LogP contribution is 2.35. The molecule has 1 aromatic carbocycles. The number of carbonyl (C=O) groups is 2. The van der Waals surface area contributed by atoms with E-state index < -0.39 is 23.4 Å². The number of carbonyl (C=O) groups excluding carboxylic acids is 2. The Balaban J connectivity index is 3.35. The normalized spacial score (nSPS) is 11.6. The van der Waals surface area contributed by atoms with Crippen LogP contribution < -0.4 is 15.2 Å². The first-order valence-electron chi connectivity index (χ1n) is 8.52. The Kier molecular flexibility index (Phi) is 6.94. The number of amides is 2. The Labute approximate surface area is 160 Å². The second-order valence-electron chi connectivity index (χ2n) is 7.92. The van der Waals surface area contributed by atoms with Gasteiger partial charge in [0.05, 0.1) is 32.0 Å². The van der Waals surface area contributed by atoms with E-state index in [2.05, 4.69) is 0 Å². The van der Waals surface area contributed by atoms with Crippen molar-refractivity contribution < 1.29 is 28.5 Å². The van der Waals surface area contributed by atoms with Crippen LogP contribution in [0.5, 0.6) is 11.5 Å². The summed E-state index contributed by atoms with van der Waals surface area (Å²) in [5, 5.41) is 0. The molecule has 1 rings (SSSR count). The first kappa shape index (κ1) is 22.4. The zero-order valence-corrected chi connectivity index (χ0v) is 17.3. The van der Waals surface area contributed by atoms with Crippen LogP contribution in [0, 0.1) is 0 Å². The Morgan fingerprint density at radius 3 is 1.78 bits per heavy atom. The number of ether oxygens (including phenoxy) is 4. The number of hydrogen-bond donors (Lipinski definition) is 1. The van der Waals surface area contributed by atoms with Gasteiger partial charge in [-0.3, -0.25) is 0 Å². The van der Waals surface area contributed by atoms with Crippen LogP contribution in [0.15, 0.2) is 12.1 Å². The number of methoxy groups -OCH3 is 2. The van der Waals surface area contributed by atoms with Gasteiger partial charge in [0.2, 0.25) is 0 Å². The molecule has 0 saturated carbocycles. The van der Waals surface area contributed by atoms with Gasteiger partial charge in [-0.2, -0.15) is 0 Å². The summed E-state index contributed by atoms with van der Waals surface area (Å²) >= 11 is 0. The number of rotatable bonds is 4. The van der Waals surface area contributed by atoms with E-state index in [-0.39, 0.29) is 6.54 Å². The second kappa shape index (κ2) is 8.37. The molecule has 0 bridgehead atoms. The van der Waals surface area contributed by atoms with E-state index in [0.717, 1.165) is 4.90 Å². The van der Waals surface area contributed by atoms with Crippen LogP contribution in [-0.2, 0) is 16.0 Å². The lowest BCUT2D eigenvalue weighted by Gasteiger charge is -2.29. The predicted octanol–water partition coefficient (Wildman–Crippen LogP) is 3.96. The Morgan fingerprint density at radius 1 is 0.926 bits per heavy atom. The molecule has 152 valence electrons. The van der Waals surface area contributed by atoms with E-state index >= 15 is 0 Å². The zero-order chi connectivity index (χ0) is 21.0. The monoisotopic (exact) mass is 382 g/mol. The van der Waals surface area contributed by atoms with Gasteiger partial charge in [-0.1, -0.05) is 0 Å². The Morgan fingerprint density at radius 2 is 1.41 bits per heavy atom. The maximum atomic E-state index is 12.7. The molecule has 0 aliphatic heterocycles. The van der Waals surface area contributed by atoms with Crippen LogP contribution in [0.2, 0.25) is 0 Å². The Hall–Kier alpha value is -2.64. The lowest BCUT2D eigenvalue weighted by molar-refractivity contribution is -0.000417. The molecule has 0 aliphatic carbocycles. The topological polar surface area (TPSA) is 100 Å². The summed E-state index contributed by atoms with van der Waals surface area (Å²) < 4.78 is 21.4. The van der Waals surface area contributed by atoms with Crippen molar-refractivity contribution in [1.29, 1.82) is 0 Å². The van der Waals surface area contributed by atoms with Crippen LogP contribution >= 0.6 is 0 Å². The van der Waals surface area contributed by atoms with Gasteiger partial charge < -0.3 is 24.7 Å². The van der Waals surface area contributed by atoms with Crippen molar-refractivity contribution in [3.8, 4) is 11.5 Å². The van der Waals surface area contributed by atoms with Gasteiger partial charge in [0.1, 0.15) is 22.7 Å². The summed E-state index contributed by atoms with van der Waals surface area (Å²) in [6.45, 7) is 10.1. The van der Waals surface area contributed by atoms with Crippen molar-refractivity contribution in [3.05, 3.63) is 17.7 Å². The maximum Gasteiger partial charge on any atom is 0.420 e. The number of imide groups is 1. The SMILES string of the molecule is COc1ccc(N)c(OC)c1CN(C(=O)OC(C)(C)C)C(=O)OC(C)(C)C. The van der Waals surface area contributed by atoms with Gasteiger partial charge in [0.15, 0.2) is 0 Å². The molecule has 0 fully saturated rings. The van der Waals surface area contributed by atoms with Gasteiger partial charge in [-0.15, -0.1) is 0 Å². The molecular formula is C19H30N2O6. The van der Waals surface area contributed by atoms with Gasteiger partial charge in [0.25, 0.3) is 0 Å². The average molecular weight is 382 g/mol. The maximum absolute atomic E-state index is 12.7. The van der Waals surface area contributed by atoms with Crippen molar-refractivity contribution in [2.75, 3.05) is 20.0 Å². The molecule has 0 saturated heterocycles. The molecule has 8 nitrogen and oxygen atoms in total. The summed E-state index contributed by atoms with van der Waals surface area (Å²) in [6, 6.07) is 3.25. The molecule has 0 heterocycles. The van der Waals surface area contributed by atoms with E-state index in [1.807, 2.05) is 0 Å². The average Bonchev–Trinajstić information content (AvgIpc) is 2.49. The first-order valence-corrected chi connectivity index (χ1v) is 8.52. The fourth-order valence-electron chi connectivity index (χ4n) is 2.21. The summed E-state index contributed by atoms with van der Waals surface area (Å²) in [7, 11) is 2.92. The van der Waals surface area contributed by atoms with Crippen LogP contribution in [-0.4, -0.2) is 42.5 Å². The minimum atomic E-state index is -0.844. The minimum absolute atomic E-state index is 0.193. The largest absolute Gasteiger partial charge is 0.496 e. The number of hydrogen-bond acceptors (Lipinski definition) is 7. The summed E-state index contributed by atoms with van der Waals surface area (Å²) in [5.41, 5.74) is 5.15. The molecule has 27 heavy (non-hydrogen) atoms. The highest BCUT2D eigenvalue weighted by molar-refractivity contribution is 5.88. The molecule has 0 atom stereocenters. The van der Waals surface area contributed by atoms with E-state index in [9.17, 15) is 9.59 Å². The van der Waals surface area contributed by atoms with Crippen molar-refractivity contribution in [1.82, 2.24) is 4.90 Å². The molecule has 1 aromatic rings. The first-order chi connectivity index (χ1) is 12.3. The highest BCUT2D eigenvalue weighted by Gasteiger charge is 2.33. The van der Waals surface area contributed by atoms with Crippen molar-refractivity contribution in [3.63, 3.8) is 0 Å². The summed E-state index contributed by atoms with van der Waals surface area (Å²) in [6.07, 6.45) is -1.69. The smallest absolute Gasteiger partial charge is 0.420 e. The van der Waals surface area contributed by atoms with E-state index in [4.69, 9.17) is 24.7 Å². The number of nitrogens with two attached hydrogens (primary N) is 1. The van der Waals surface area contributed by atoms with E-state index in [1.165, 1.54) is 14.2 Å². The predicted molar refractivity (Wildman–Crippen MR) is 102 cm³/mol. The molecular weight excluding hydrogens is 352 g/mol. The fraction of sp³-hybridized carbons (Fsp3) is 0.579. The van der Waals surface area contributed by atoms with Crippen LogP contribution in [0.3, 0.4) is 0 Å². The number of nitrogen functional groups attached to an aromatic ring is 1. The number of nitrogens with zero attached hydrogens (tertiary/aromatic N) is 1. The minimum Gasteiger partial charge on any atom is -0.496 e. The van der Waals surface area contributed by atoms with Crippen molar-refractivity contribution in [2.45, 2.75) is 59.3 Å². The van der Waals surface area contributed by atoms with Crippen molar-refractivity contribution in [2.24, 2.45) is 0 Å². The van der Waals surface area contributed by atoms with E-state index in [1.54, 1.807) is 53.7 Å². The standard InChI is InChI=1S/C19H30N2O6/c1-18(2,3)26-16(22)21(17(23)27-19(4,5)6)11-12-14(24-7)10-9-13(20)15(12)25-8/h9-10H,11,20H2,1-8H3. The van der Waals surface area contributed by atoms with Gasteiger partial charge in [-0.05, 0) is 53.7 Å².